The van der Waals surface area contributed by atoms with Gasteiger partial charge in [-0.3, -0.25) is 9.59 Å². The summed E-state index contributed by atoms with van der Waals surface area (Å²) in [4.78, 5) is 25.6. The van der Waals surface area contributed by atoms with E-state index in [1.807, 2.05) is 31.2 Å². The van der Waals surface area contributed by atoms with Crippen LogP contribution in [-0.2, 0) is 25.2 Å². The fraction of sp³-hybridized carbons (Fsp3) is 0.538. The fourth-order valence-electron chi connectivity index (χ4n) is 7.39. The highest BCUT2D eigenvalue weighted by Crippen LogP contribution is 2.68. The monoisotopic (exact) mass is 472 g/mol. The van der Waals surface area contributed by atoms with Gasteiger partial charge in [0.25, 0.3) is 0 Å². The molecule has 3 saturated carbocycles. The second-order valence-corrected chi connectivity index (χ2v) is 13.6. The van der Waals surface area contributed by atoms with Gasteiger partial charge in [0.1, 0.15) is 5.78 Å². The molecule has 4 nitrogen and oxygen atoms in total. The minimum absolute atomic E-state index is 0.0170. The van der Waals surface area contributed by atoms with Crippen LogP contribution in [0.2, 0.25) is 0 Å². The van der Waals surface area contributed by atoms with E-state index in [9.17, 15) is 18.0 Å². The van der Waals surface area contributed by atoms with E-state index in [1.54, 1.807) is 24.3 Å². The number of benzene rings is 1. The van der Waals surface area contributed by atoms with Crippen LogP contribution in [0.15, 0.2) is 54.1 Å². The van der Waals surface area contributed by atoms with E-state index in [2.05, 4.69) is 6.92 Å². The maximum Gasteiger partial charge on any atom is 0.178 e. The van der Waals surface area contributed by atoms with Crippen molar-refractivity contribution in [3.05, 3.63) is 59.7 Å². The van der Waals surface area contributed by atoms with Crippen LogP contribution in [0.25, 0.3) is 0 Å². The number of carbonyl (C=O) groups is 2. The van der Waals surface area contributed by atoms with Crippen LogP contribution in [0.4, 0.5) is 0 Å². The highest BCUT2D eigenvalue weighted by molar-refractivity contribution is 7.93. The van der Waals surface area contributed by atoms with Gasteiger partial charge >= 0.3 is 0 Å². The Morgan fingerprint density at radius 2 is 1.81 bits per heavy atom. The molecule has 0 spiro atoms. The average Bonchev–Trinajstić information content (AvgIpc) is 3.01. The van der Waals surface area contributed by atoms with Gasteiger partial charge < -0.3 is 0 Å². The normalized spacial score (nSPS) is 41.0. The predicted molar refractivity (Wildman–Crippen MR) is 125 cm³/mol. The minimum Gasteiger partial charge on any atom is -0.299 e. The molecule has 5 rings (SSSR count). The smallest absolute Gasteiger partial charge is 0.178 e. The Bertz CT molecular complexity index is 1150. The van der Waals surface area contributed by atoms with Crippen molar-refractivity contribution in [2.24, 2.45) is 28.6 Å². The summed E-state index contributed by atoms with van der Waals surface area (Å²) in [5.74, 6) is -0.122. The summed E-state index contributed by atoms with van der Waals surface area (Å²) in [7, 11) is -3.71. The highest BCUT2D eigenvalue weighted by Gasteiger charge is 2.69. The number of ketones is 2. The number of alkyl halides is 1. The van der Waals surface area contributed by atoms with Gasteiger partial charge in [-0.25, -0.2) is 8.42 Å². The van der Waals surface area contributed by atoms with Gasteiger partial charge in [-0.05, 0) is 55.2 Å². The number of fused-ring (bicyclic) bond motifs is 5. The summed E-state index contributed by atoms with van der Waals surface area (Å²) in [6, 6.07) is 9.13. The number of Topliss-reactive ketones (excluding diaryl/α,β-unsaturated/α-hetero) is 1. The Balaban J connectivity index is 1.52. The predicted octanol–water partition coefficient (Wildman–Crippen LogP) is 5.02. The third kappa shape index (κ3) is 2.89. The van der Waals surface area contributed by atoms with Crippen LogP contribution in [0.3, 0.4) is 0 Å². The average molecular weight is 473 g/mol. The lowest BCUT2D eigenvalue weighted by Gasteiger charge is -2.56. The maximum atomic E-state index is 13.7. The Morgan fingerprint density at radius 3 is 2.53 bits per heavy atom. The summed E-state index contributed by atoms with van der Waals surface area (Å²) in [6.07, 6.45) is 8.00. The van der Waals surface area contributed by atoms with Crippen molar-refractivity contribution >= 4 is 33.0 Å². The molecule has 6 heteroatoms. The van der Waals surface area contributed by atoms with Crippen LogP contribution < -0.4 is 0 Å². The maximum absolute atomic E-state index is 13.7. The molecule has 170 valence electrons. The molecule has 0 heterocycles. The van der Waals surface area contributed by atoms with Crippen LogP contribution in [0.5, 0.6) is 0 Å². The summed E-state index contributed by atoms with van der Waals surface area (Å²) in [5, 5.41) is 0. The zero-order valence-electron chi connectivity index (χ0n) is 18.5. The SMILES string of the molecule is C[C@]12C=CC(=O)C=C1CCC1C2C(=O)C[C@@]2(C)C1CC[C@]2(Cl)S(=O)(=O)Cc1ccccc1. The van der Waals surface area contributed by atoms with Gasteiger partial charge in [0.05, 0.1) is 5.75 Å². The molecule has 0 radical (unpaired) electrons. The lowest BCUT2D eigenvalue weighted by Crippen LogP contribution is -2.58. The second-order valence-electron chi connectivity index (χ2n) is 10.5. The highest BCUT2D eigenvalue weighted by atomic mass is 35.5. The molecular formula is C26H29ClO4S. The van der Waals surface area contributed by atoms with Crippen molar-refractivity contribution in [2.45, 2.75) is 55.9 Å². The van der Waals surface area contributed by atoms with Gasteiger partial charge in [0.15, 0.2) is 19.8 Å². The number of allylic oxidation sites excluding steroid dienone is 4. The second kappa shape index (κ2) is 7.14. The first-order valence-electron chi connectivity index (χ1n) is 11.4. The lowest BCUT2D eigenvalue weighted by atomic mass is 9.48. The third-order valence-corrected chi connectivity index (χ3v) is 12.7. The first kappa shape index (κ1) is 22.1. The van der Waals surface area contributed by atoms with Crippen molar-refractivity contribution in [2.75, 3.05) is 0 Å². The summed E-state index contributed by atoms with van der Waals surface area (Å²) < 4.78 is 25.9. The lowest BCUT2D eigenvalue weighted by molar-refractivity contribution is -0.141. The number of hydrogen-bond acceptors (Lipinski definition) is 4. The Kier molecular flexibility index (Phi) is 4.93. The van der Waals surface area contributed by atoms with Gasteiger partial charge in [-0.15, -0.1) is 11.6 Å². The van der Waals surface area contributed by atoms with E-state index in [0.29, 0.717) is 12.8 Å². The molecule has 0 aliphatic heterocycles. The van der Waals surface area contributed by atoms with Crippen molar-refractivity contribution in [3.63, 3.8) is 0 Å². The molecule has 0 saturated heterocycles. The number of carbonyl (C=O) groups excluding carboxylic acids is 2. The number of rotatable bonds is 3. The molecule has 0 amide bonds. The van der Waals surface area contributed by atoms with E-state index in [4.69, 9.17) is 11.6 Å². The van der Waals surface area contributed by atoms with E-state index in [-0.39, 0.29) is 41.5 Å². The van der Waals surface area contributed by atoms with Crippen molar-refractivity contribution < 1.29 is 18.0 Å². The van der Waals surface area contributed by atoms with Crippen molar-refractivity contribution in [1.82, 2.24) is 0 Å². The van der Waals surface area contributed by atoms with Crippen LogP contribution in [0, 0.1) is 28.6 Å². The van der Waals surface area contributed by atoms with E-state index in [0.717, 1.165) is 24.0 Å². The van der Waals surface area contributed by atoms with E-state index < -0.39 is 24.9 Å². The molecule has 0 aromatic heterocycles. The molecule has 1 aromatic carbocycles. The first-order valence-corrected chi connectivity index (χ1v) is 13.5. The van der Waals surface area contributed by atoms with Gasteiger partial charge in [-0.2, -0.15) is 0 Å². The topological polar surface area (TPSA) is 68.3 Å². The molecule has 6 atom stereocenters. The molecule has 4 aliphatic carbocycles. The Hall–Kier alpha value is -1.72. The Morgan fingerprint density at radius 1 is 1.09 bits per heavy atom. The third-order valence-electron chi connectivity index (χ3n) is 8.97. The summed E-state index contributed by atoms with van der Waals surface area (Å²) >= 11 is 7.10. The molecule has 0 N–H and O–H groups in total. The van der Waals surface area contributed by atoms with Crippen molar-refractivity contribution in [3.8, 4) is 0 Å². The van der Waals surface area contributed by atoms with E-state index >= 15 is 0 Å². The quantitative estimate of drug-likeness (QED) is 0.579. The Labute approximate surface area is 195 Å². The molecular weight excluding hydrogens is 444 g/mol. The summed E-state index contributed by atoms with van der Waals surface area (Å²) in [5.41, 5.74) is 0.494. The zero-order chi connectivity index (χ0) is 22.9. The summed E-state index contributed by atoms with van der Waals surface area (Å²) in [6.45, 7) is 4.00. The van der Waals surface area contributed by atoms with Crippen LogP contribution in [-0.4, -0.2) is 24.2 Å². The fourth-order valence-corrected chi connectivity index (χ4v) is 10.1. The molecule has 1 aromatic rings. The molecule has 0 bridgehead atoms. The largest absolute Gasteiger partial charge is 0.299 e. The van der Waals surface area contributed by atoms with Gasteiger partial charge in [-0.1, -0.05) is 55.8 Å². The van der Waals surface area contributed by atoms with E-state index in [1.165, 1.54) is 0 Å². The number of hydrogen-bond donors (Lipinski definition) is 0. The molecule has 3 unspecified atom stereocenters. The van der Waals surface area contributed by atoms with Gasteiger partial charge in [0, 0.05) is 23.2 Å². The van der Waals surface area contributed by atoms with Crippen LogP contribution >= 0.6 is 11.6 Å². The standard InChI is InChI=1S/C26H29ClO4S/c1-24-12-10-19(28)14-18(24)8-9-20-21-11-13-26(27,25(21,2)15-22(29)23(20)24)32(30,31)16-17-6-4-3-5-7-17/h3-7,10,12,14,20-21,23H,8-9,11,13,15-16H2,1-2H3/t20?,21?,23?,24-,25-,26-/m0/s1. The van der Waals surface area contributed by atoms with Gasteiger partial charge in [0.2, 0.25) is 0 Å². The molecule has 3 fully saturated rings. The molecule has 4 aliphatic rings. The van der Waals surface area contributed by atoms with Crippen molar-refractivity contribution in [1.29, 1.82) is 0 Å². The number of halogens is 1. The molecule has 32 heavy (non-hydrogen) atoms. The van der Waals surface area contributed by atoms with Crippen LogP contribution in [0.1, 0.15) is 51.5 Å². The first-order chi connectivity index (χ1) is 15.0. The minimum atomic E-state index is -3.71. The zero-order valence-corrected chi connectivity index (χ0v) is 20.1. The number of sulfone groups is 1.